The molecule has 1 heterocycles. The summed E-state index contributed by atoms with van der Waals surface area (Å²) in [6.45, 7) is 6.91. The second-order valence-corrected chi connectivity index (χ2v) is 7.78. The Bertz CT molecular complexity index is 613. The average molecular weight is 329 g/mol. The summed E-state index contributed by atoms with van der Waals surface area (Å²) in [5.41, 5.74) is 1.59. The maximum atomic E-state index is 13.6. The van der Waals surface area contributed by atoms with Crippen LogP contribution in [0, 0.1) is 5.82 Å². The first kappa shape index (κ1) is 17.2. The lowest BCUT2D eigenvalue weighted by Crippen LogP contribution is -2.45. The zero-order valence-corrected chi connectivity index (χ0v) is 14.2. The van der Waals surface area contributed by atoms with Gasteiger partial charge >= 0.3 is 0 Å². The molecule has 0 saturated carbocycles. The van der Waals surface area contributed by atoms with Gasteiger partial charge in [0, 0.05) is 37.9 Å². The number of sulfonamides is 1. The standard InChI is InChI=1S/C15H24FN3O2S/c1-4-22(20,21)17-12(2)14-11-13(16)5-6-15(14)19-9-7-18(3)8-10-19/h5-6,11-12,17H,4,7-10H2,1-3H3/t12-/m1/s1. The highest BCUT2D eigenvalue weighted by Crippen LogP contribution is 2.28. The Kier molecular flexibility index (Phi) is 5.41. The molecule has 0 aromatic heterocycles. The van der Waals surface area contributed by atoms with Gasteiger partial charge in [0.2, 0.25) is 10.0 Å². The lowest BCUT2D eigenvalue weighted by atomic mass is 10.0. The van der Waals surface area contributed by atoms with Gasteiger partial charge in [-0.05, 0) is 44.7 Å². The molecule has 5 nitrogen and oxygen atoms in total. The number of piperazine rings is 1. The van der Waals surface area contributed by atoms with Crippen molar-refractivity contribution in [2.24, 2.45) is 0 Å². The molecule has 1 aliphatic heterocycles. The summed E-state index contributed by atoms with van der Waals surface area (Å²) in [6, 6.07) is 4.14. The second kappa shape index (κ2) is 6.93. The first-order chi connectivity index (χ1) is 10.3. The van der Waals surface area contributed by atoms with E-state index >= 15 is 0 Å². The van der Waals surface area contributed by atoms with Crippen LogP contribution in [0.4, 0.5) is 10.1 Å². The van der Waals surface area contributed by atoms with Gasteiger partial charge in [-0.15, -0.1) is 0 Å². The van der Waals surface area contributed by atoms with Crippen LogP contribution >= 0.6 is 0 Å². The summed E-state index contributed by atoms with van der Waals surface area (Å²) in [4.78, 5) is 4.43. The number of benzene rings is 1. The molecule has 0 unspecified atom stereocenters. The van der Waals surface area contributed by atoms with Gasteiger partial charge in [0.1, 0.15) is 5.82 Å². The first-order valence-electron chi connectivity index (χ1n) is 7.55. The number of halogens is 1. The summed E-state index contributed by atoms with van der Waals surface area (Å²) < 4.78 is 39.8. The summed E-state index contributed by atoms with van der Waals surface area (Å²) >= 11 is 0. The van der Waals surface area contributed by atoms with Gasteiger partial charge in [-0.1, -0.05) is 0 Å². The number of nitrogens with zero attached hydrogens (tertiary/aromatic N) is 2. The van der Waals surface area contributed by atoms with E-state index in [2.05, 4.69) is 21.6 Å². The molecule has 0 amide bonds. The highest BCUT2D eigenvalue weighted by atomic mass is 32.2. The molecule has 1 N–H and O–H groups in total. The largest absolute Gasteiger partial charge is 0.369 e. The van der Waals surface area contributed by atoms with Gasteiger partial charge in [0.05, 0.1) is 5.75 Å². The van der Waals surface area contributed by atoms with Gasteiger partial charge in [0.15, 0.2) is 0 Å². The molecular formula is C15H24FN3O2S. The molecule has 0 bridgehead atoms. The van der Waals surface area contributed by atoms with Crippen LogP contribution in [0.5, 0.6) is 0 Å². The molecule has 0 spiro atoms. The zero-order valence-electron chi connectivity index (χ0n) is 13.3. The Labute approximate surface area is 132 Å². The zero-order chi connectivity index (χ0) is 16.3. The monoisotopic (exact) mass is 329 g/mol. The van der Waals surface area contributed by atoms with Crippen LogP contribution < -0.4 is 9.62 Å². The molecule has 0 radical (unpaired) electrons. The number of likely N-dealkylation sites (N-methyl/N-ethyl adjacent to an activating group) is 1. The first-order valence-corrected chi connectivity index (χ1v) is 9.20. The van der Waals surface area contributed by atoms with Crippen LogP contribution in [-0.4, -0.2) is 52.3 Å². The topological polar surface area (TPSA) is 52.7 Å². The number of rotatable bonds is 5. The lowest BCUT2D eigenvalue weighted by Gasteiger charge is -2.36. The molecule has 7 heteroatoms. The fraction of sp³-hybridized carbons (Fsp3) is 0.600. The number of anilines is 1. The van der Waals surface area contributed by atoms with E-state index in [4.69, 9.17) is 0 Å². The number of nitrogens with one attached hydrogen (secondary N) is 1. The van der Waals surface area contributed by atoms with Crippen LogP contribution in [0.1, 0.15) is 25.5 Å². The quantitative estimate of drug-likeness (QED) is 0.891. The van der Waals surface area contributed by atoms with Crippen molar-refractivity contribution in [3.63, 3.8) is 0 Å². The van der Waals surface area contributed by atoms with Crippen LogP contribution in [-0.2, 0) is 10.0 Å². The van der Waals surface area contributed by atoms with E-state index in [0.717, 1.165) is 31.9 Å². The third-order valence-corrected chi connectivity index (χ3v) is 5.51. The van der Waals surface area contributed by atoms with Crippen LogP contribution in [0.25, 0.3) is 0 Å². The fourth-order valence-corrected chi connectivity index (χ4v) is 3.46. The molecule has 1 saturated heterocycles. The van der Waals surface area contributed by atoms with E-state index in [9.17, 15) is 12.8 Å². The molecule has 1 aromatic rings. The van der Waals surface area contributed by atoms with Crippen molar-refractivity contribution < 1.29 is 12.8 Å². The van der Waals surface area contributed by atoms with E-state index in [1.165, 1.54) is 12.1 Å². The molecule has 1 aliphatic rings. The number of hydrogen-bond acceptors (Lipinski definition) is 4. The predicted octanol–water partition coefficient (Wildman–Crippen LogP) is 1.58. The summed E-state index contributed by atoms with van der Waals surface area (Å²) in [7, 11) is -1.26. The summed E-state index contributed by atoms with van der Waals surface area (Å²) in [5, 5.41) is 0. The van der Waals surface area contributed by atoms with Gasteiger partial charge in [-0.2, -0.15) is 0 Å². The van der Waals surface area contributed by atoms with Crippen molar-refractivity contribution in [1.82, 2.24) is 9.62 Å². The van der Waals surface area contributed by atoms with E-state index < -0.39 is 16.1 Å². The van der Waals surface area contributed by atoms with Crippen molar-refractivity contribution in [3.05, 3.63) is 29.6 Å². The molecule has 1 atom stereocenters. The van der Waals surface area contributed by atoms with Gasteiger partial charge in [-0.3, -0.25) is 0 Å². The molecule has 0 aliphatic carbocycles. The SMILES string of the molecule is CCS(=O)(=O)N[C@H](C)c1cc(F)ccc1N1CCN(C)CC1. The molecule has 124 valence electrons. The Morgan fingerprint density at radius 1 is 1.27 bits per heavy atom. The lowest BCUT2D eigenvalue weighted by molar-refractivity contribution is 0.312. The Balaban J connectivity index is 2.28. The van der Waals surface area contributed by atoms with Gasteiger partial charge < -0.3 is 9.80 Å². The average Bonchev–Trinajstić information content (AvgIpc) is 2.48. The van der Waals surface area contributed by atoms with Gasteiger partial charge in [-0.25, -0.2) is 17.5 Å². The molecule has 1 aromatic carbocycles. The molecular weight excluding hydrogens is 305 g/mol. The fourth-order valence-electron chi connectivity index (χ4n) is 2.62. The maximum absolute atomic E-state index is 13.6. The minimum Gasteiger partial charge on any atom is -0.369 e. The third-order valence-electron chi connectivity index (χ3n) is 4.04. The third kappa shape index (κ3) is 4.18. The number of hydrogen-bond donors (Lipinski definition) is 1. The summed E-state index contributed by atoms with van der Waals surface area (Å²) in [5.74, 6) is -0.341. The minimum absolute atomic E-state index is 0.0104. The Hall–Kier alpha value is -1.18. The smallest absolute Gasteiger partial charge is 0.211 e. The maximum Gasteiger partial charge on any atom is 0.211 e. The van der Waals surface area contributed by atoms with Crippen molar-refractivity contribution in [1.29, 1.82) is 0 Å². The predicted molar refractivity (Wildman–Crippen MR) is 87.1 cm³/mol. The van der Waals surface area contributed by atoms with E-state index in [1.54, 1.807) is 19.9 Å². The Morgan fingerprint density at radius 3 is 2.50 bits per heavy atom. The second-order valence-electron chi connectivity index (χ2n) is 5.74. The summed E-state index contributed by atoms with van der Waals surface area (Å²) in [6.07, 6.45) is 0. The normalized spacial score (nSPS) is 18.5. The molecule has 1 fully saturated rings. The van der Waals surface area contributed by atoms with Crippen molar-refractivity contribution in [3.8, 4) is 0 Å². The highest BCUT2D eigenvalue weighted by molar-refractivity contribution is 7.89. The van der Waals surface area contributed by atoms with Crippen molar-refractivity contribution >= 4 is 15.7 Å². The molecule has 2 rings (SSSR count). The van der Waals surface area contributed by atoms with E-state index in [-0.39, 0.29) is 11.6 Å². The van der Waals surface area contributed by atoms with E-state index in [0.29, 0.717) is 5.56 Å². The molecule has 22 heavy (non-hydrogen) atoms. The highest BCUT2D eigenvalue weighted by Gasteiger charge is 2.22. The van der Waals surface area contributed by atoms with Crippen LogP contribution in [0.2, 0.25) is 0 Å². The van der Waals surface area contributed by atoms with Crippen LogP contribution in [0.15, 0.2) is 18.2 Å². The Morgan fingerprint density at radius 2 is 1.91 bits per heavy atom. The van der Waals surface area contributed by atoms with E-state index in [1.807, 2.05) is 0 Å². The minimum atomic E-state index is -3.34. The van der Waals surface area contributed by atoms with Crippen molar-refractivity contribution in [2.75, 3.05) is 43.9 Å². The van der Waals surface area contributed by atoms with Crippen LogP contribution in [0.3, 0.4) is 0 Å². The van der Waals surface area contributed by atoms with Crippen molar-refractivity contribution in [2.45, 2.75) is 19.9 Å². The van der Waals surface area contributed by atoms with Gasteiger partial charge in [0.25, 0.3) is 0 Å².